The molecular formula is C33H37N5O3. The molecule has 3 aliphatic rings. The molecule has 1 amide bonds. The molecule has 2 aliphatic heterocycles. The first-order chi connectivity index (χ1) is 20.2. The molecule has 3 fully saturated rings. The maximum atomic E-state index is 13.5. The number of aromatic amines is 1. The van der Waals surface area contributed by atoms with Gasteiger partial charge in [-0.1, -0.05) is 18.9 Å². The van der Waals surface area contributed by atoms with Crippen molar-refractivity contribution in [3.05, 3.63) is 78.1 Å². The molecule has 7 rings (SSSR count). The Morgan fingerprint density at radius 3 is 2.51 bits per heavy atom. The number of pyridine rings is 1. The first-order valence-corrected chi connectivity index (χ1v) is 15.0. The van der Waals surface area contributed by atoms with Crippen molar-refractivity contribution in [1.29, 1.82) is 0 Å². The summed E-state index contributed by atoms with van der Waals surface area (Å²) in [6.07, 6.45) is 8.75. The summed E-state index contributed by atoms with van der Waals surface area (Å²) in [5.74, 6) is 1.21. The summed E-state index contributed by atoms with van der Waals surface area (Å²) >= 11 is 0. The highest BCUT2D eigenvalue weighted by atomic mass is 16.5. The molecule has 8 nitrogen and oxygen atoms in total. The predicted octanol–water partition coefficient (Wildman–Crippen LogP) is 5.53. The Balaban J connectivity index is 1.05. The average Bonchev–Trinajstić information content (AvgIpc) is 3.67. The number of nitrogens with one attached hydrogen (secondary N) is 2. The van der Waals surface area contributed by atoms with Gasteiger partial charge in [-0.3, -0.25) is 19.8 Å². The Labute approximate surface area is 240 Å². The van der Waals surface area contributed by atoms with E-state index in [1.807, 2.05) is 48.5 Å². The van der Waals surface area contributed by atoms with E-state index < -0.39 is 0 Å². The number of fused-ring (bicyclic) bond motifs is 1. The molecule has 4 aromatic rings. The standard InChI is InChI=1S/C33H37N5O3/c39-33(35-32(22-5-1-2-6-22)30-7-3-4-16-34-30)24-10-13-29-28(19-24)31(37-36-29)23-8-11-26(12-9-23)41-27-14-17-38(18-15-27)25-20-40-21-25/h3-4,7-13,16,19,22,25,27,32H,1-2,5-6,14-15,17-18,20-21H2,(H,35,39)(H,36,37). The molecule has 1 aliphatic carbocycles. The number of carbonyl (C=O) groups excluding carboxylic acids is 1. The van der Waals surface area contributed by atoms with Gasteiger partial charge in [0.1, 0.15) is 11.9 Å². The van der Waals surface area contributed by atoms with Crippen LogP contribution in [-0.4, -0.2) is 64.4 Å². The van der Waals surface area contributed by atoms with Crippen molar-refractivity contribution in [2.45, 2.75) is 56.7 Å². The molecule has 0 spiro atoms. The number of hydrogen-bond donors (Lipinski definition) is 2. The fraction of sp³-hybridized carbons (Fsp3) is 0.424. The maximum absolute atomic E-state index is 13.5. The number of likely N-dealkylation sites (tertiary alicyclic amines) is 1. The van der Waals surface area contributed by atoms with Crippen LogP contribution in [0.3, 0.4) is 0 Å². The minimum Gasteiger partial charge on any atom is -0.490 e. The quantitative estimate of drug-likeness (QED) is 0.299. The molecule has 8 heteroatoms. The van der Waals surface area contributed by atoms with Gasteiger partial charge in [0.15, 0.2) is 0 Å². The number of hydrogen-bond acceptors (Lipinski definition) is 6. The highest BCUT2D eigenvalue weighted by Gasteiger charge is 2.31. The van der Waals surface area contributed by atoms with E-state index in [9.17, 15) is 4.79 Å². The van der Waals surface area contributed by atoms with Crippen molar-refractivity contribution < 1.29 is 14.3 Å². The summed E-state index contributed by atoms with van der Waals surface area (Å²) in [7, 11) is 0. The Morgan fingerprint density at radius 2 is 1.80 bits per heavy atom. The van der Waals surface area contributed by atoms with Crippen molar-refractivity contribution in [2.75, 3.05) is 26.3 Å². The second-order valence-corrected chi connectivity index (χ2v) is 11.7. The van der Waals surface area contributed by atoms with Crippen LogP contribution in [0.1, 0.15) is 60.6 Å². The van der Waals surface area contributed by atoms with E-state index in [1.165, 1.54) is 12.8 Å². The van der Waals surface area contributed by atoms with Crippen LogP contribution in [0.2, 0.25) is 0 Å². The van der Waals surface area contributed by atoms with E-state index in [-0.39, 0.29) is 18.1 Å². The molecule has 1 saturated carbocycles. The highest BCUT2D eigenvalue weighted by molar-refractivity contribution is 6.01. The van der Waals surface area contributed by atoms with Crippen LogP contribution in [0, 0.1) is 5.92 Å². The summed E-state index contributed by atoms with van der Waals surface area (Å²) in [4.78, 5) is 20.6. The summed E-state index contributed by atoms with van der Waals surface area (Å²) in [6, 6.07) is 20.3. The van der Waals surface area contributed by atoms with Gasteiger partial charge in [0.2, 0.25) is 0 Å². The third-order valence-corrected chi connectivity index (χ3v) is 9.03. The van der Waals surface area contributed by atoms with Gasteiger partial charge in [-0.2, -0.15) is 5.10 Å². The summed E-state index contributed by atoms with van der Waals surface area (Å²) < 4.78 is 11.7. The number of rotatable bonds is 8. The first kappa shape index (κ1) is 26.2. The zero-order valence-corrected chi connectivity index (χ0v) is 23.3. The topological polar surface area (TPSA) is 92.4 Å². The van der Waals surface area contributed by atoms with Crippen molar-refractivity contribution >= 4 is 16.8 Å². The highest BCUT2D eigenvalue weighted by Crippen LogP contribution is 2.36. The lowest BCUT2D eigenvalue weighted by Crippen LogP contribution is -2.52. The van der Waals surface area contributed by atoms with Crippen LogP contribution in [-0.2, 0) is 4.74 Å². The van der Waals surface area contributed by atoms with Gasteiger partial charge in [0, 0.05) is 35.8 Å². The molecule has 2 N–H and O–H groups in total. The molecule has 1 unspecified atom stereocenters. The van der Waals surface area contributed by atoms with Gasteiger partial charge < -0.3 is 14.8 Å². The van der Waals surface area contributed by atoms with E-state index in [0.29, 0.717) is 17.5 Å². The monoisotopic (exact) mass is 551 g/mol. The Bertz CT molecular complexity index is 1470. The predicted molar refractivity (Wildman–Crippen MR) is 158 cm³/mol. The number of H-pyrrole nitrogens is 1. The molecule has 2 aromatic heterocycles. The molecular weight excluding hydrogens is 514 g/mol. The summed E-state index contributed by atoms with van der Waals surface area (Å²) in [5, 5.41) is 12.0. The van der Waals surface area contributed by atoms with Crippen LogP contribution in [0.15, 0.2) is 66.9 Å². The van der Waals surface area contributed by atoms with E-state index in [0.717, 1.165) is 85.6 Å². The maximum Gasteiger partial charge on any atom is 0.251 e. The summed E-state index contributed by atoms with van der Waals surface area (Å²) in [6.45, 7) is 3.87. The van der Waals surface area contributed by atoms with Gasteiger partial charge in [0.05, 0.1) is 42.2 Å². The molecule has 1 atom stereocenters. The Morgan fingerprint density at radius 1 is 1.00 bits per heavy atom. The minimum absolute atomic E-state index is 0.0822. The summed E-state index contributed by atoms with van der Waals surface area (Å²) in [5.41, 5.74) is 4.27. The fourth-order valence-corrected chi connectivity index (χ4v) is 6.56. The molecule has 0 bridgehead atoms. The number of nitrogens with zero attached hydrogens (tertiary/aromatic N) is 3. The number of piperidine rings is 1. The number of amides is 1. The smallest absolute Gasteiger partial charge is 0.251 e. The Hall–Kier alpha value is -3.75. The fourth-order valence-electron chi connectivity index (χ4n) is 6.56. The largest absolute Gasteiger partial charge is 0.490 e. The molecule has 2 aromatic carbocycles. The van der Waals surface area contributed by atoms with Crippen molar-refractivity contribution in [3.63, 3.8) is 0 Å². The lowest BCUT2D eigenvalue weighted by Gasteiger charge is -2.41. The lowest BCUT2D eigenvalue weighted by molar-refractivity contribution is -0.0778. The lowest BCUT2D eigenvalue weighted by atomic mass is 9.94. The van der Waals surface area contributed by atoms with Crippen molar-refractivity contribution in [3.8, 4) is 17.0 Å². The number of aromatic nitrogens is 3. The normalized spacial score (nSPS) is 19.7. The van der Waals surface area contributed by atoms with Gasteiger partial charge in [0.25, 0.3) is 5.91 Å². The number of benzene rings is 2. The molecule has 0 radical (unpaired) electrons. The molecule has 2 saturated heterocycles. The van der Waals surface area contributed by atoms with Crippen molar-refractivity contribution in [1.82, 2.24) is 25.4 Å². The molecule has 4 heterocycles. The van der Waals surface area contributed by atoms with Crippen LogP contribution in [0.4, 0.5) is 0 Å². The number of carbonyl (C=O) groups is 1. The van der Waals surface area contributed by atoms with Gasteiger partial charge >= 0.3 is 0 Å². The van der Waals surface area contributed by atoms with Gasteiger partial charge in [-0.25, -0.2) is 0 Å². The molecule has 212 valence electrons. The van der Waals surface area contributed by atoms with Crippen LogP contribution in [0.25, 0.3) is 22.2 Å². The Kier molecular flexibility index (Phi) is 7.42. The van der Waals surface area contributed by atoms with E-state index in [4.69, 9.17) is 9.47 Å². The van der Waals surface area contributed by atoms with Crippen LogP contribution >= 0.6 is 0 Å². The molecule has 41 heavy (non-hydrogen) atoms. The van der Waals surface area contributed by atoms with Gasteiger partial charge in [-0.15, -0.1) is 0 Å². The zero-order valence-electron chi connectivity index (χ0n) is 23.3. The second-order valence-electron chi connectivity index (χ2n) is 11.7. The van der Waals surface area contributed by atoms with Crippen molar-refractivity contribution in [2.24, 2.45) is 5.92 Å². The SMILES string of the molecule is O=C(NC(c1ccccn1)C1CCCC1)c1ccc2[nH]nc(-c3ccc(OC4CCN(C5COC5)CC4)cc3)c2c1. The third-order valence-electron chi connectivity index (χ3n) is 9.03. The minimum atomic E-state index is -0.0854. The number of ether oxygens (including phenoxy) is 2. The second kappa shape index (κ2) is 11.6. The van der Waals surface area contributed by atoms with E-state index in [1.54, 1.807) is 6.20 Å². The van der Waals surface area contributed by atoms with Crippen LogP contribution < -0.4 is 10.1 Å². The average molecular weight is 552 g/mol. The third kappa shape index (κ3) is 5.59. The first-order valence-electron chi connectivity index (χ1n) is 15.0. The van der Waals surface area contributed by atoms with E-state index in [2.05, 4.69) is 37.5 Å². The van der Waals surface area contributed by atoms with Gasteiger partial charge in [-0.05, 0) is 86.2 Å². The van der Waals surface area contributed by atoms with E-state index >= 15 is 0 Å². The zero-order chi connectivity index (χ0) is 27.6. The van der Waals surface area contributed by atoms with Crippen LogP contribution in [0.5, 0.6) is 5.75 Å².